The average Bonchev–Trinajstić information content (AvgIpc) is 2.87. The molecule has 1 aromatic heterocycles. The van der Waals surface area contributed by atoms with E-state index < -0.39 is 0 Å². The fourth-order valence-corrected chi connectivity index (χ4v) is 2.52. The minimum atomic E-state index is 0.383. The fourth-order valence-electron chi connectivity index (χ4n) is 2.52. The van der Waals surface area contributed by atoms with Crippen LogP contribution in [0, 0.1) is 11.3 Å². The lowest BCUT2D eigenvalue weighted by Crippen LogP contribution is -2.18. The smallest absolute Gasteiger partial charge is 0.109 e. The zero-order chi connectivity index (χ0) is 11.7. The molecule has 2 heterocycles. The molecule has 0 saturated heterocycles. The SMILES string of the molecule is N#Cc1ccc(C2CCCc3nccn32)cc1. The second kappa shape index (κ2) is 4.06. The summed E-state index contributed by atoms with van der Waals surface area (Å²) in [4.78, 5) is 4.38. The highest BCUT2D eigenvalue weighted by Gasteiger charge is 2.20. The largest absolute Gasteiger partial charge is 0.327 e. The van der Waals surface area contributed by atoms with Crippen LogP contribution in [0.1, 0.15) is 35.8 Å². The molecule has 1 aromatic carbocycles. The highest BCUT2D eigenvalue weighted by atomic mass is 15.1. The summed E-state index contributed by atoms with van der Waals surface area (Å²) < 4.78 is 2.25. The molecule has 0 spiro atoms. The molecule has 0 aliphatic carbocycles. The monoisotopic (exact) mass is 223 g/mol. The van der Waals surface area contributed by atoms with Crippen LogP contribution in [0.5, 0.6) is 0 Å². The van der Waals surface area contributed by atoms with Gasteiger partial charge in [-0.1, -0.05) is 12.1 Å². The van der Waals surface area contributed by atoms with Crippen molar-refractivity contribution >= 4 is 0 Å². The molecule has 17 heavy (non-hydrogen) atoms. The molecule has 3 rings (SSSR count). The van der Waals surface area contributed by atoms with Gasteiger partial charge in [0.1, 0.15) is 5.82 Å². The van der Waals surface area contributed by atoms with Crippen LogP contribution >= 0.6 is 0 Å². The van der Waals surface area contributed by atoms with Gasteiger partial charge in [-0.25, -0.2) is 4.98 Å². The zero-order valence-corrected chi connectivity index (χ0v) is 9.50. The van der Waals surface area contributed by atoms with Gasteiger partial charge in [0.25, 0.3) is 0 Å². The Morgan fingerprint density at radius 1 is 1.29 bits per heavy atom. The number of hydrogen-bond acceptors (Lipinski definition) is 2. The lowest BCUT2D eigenvalue weighted by molar-refractivity contribution is 0.451. The van der Waals surface area contributed by atoms with Gasteiger partial charge in [-0.2, -0.15) is 5.26 Å². The third-order valence-corrected chi connectivity index (χ3v) is 3.39. The molecule has 2 aromatic rings. The summed E-state index contributed by atoms with van der Waals surface area (Å²) in [6, 6.07) is 10.4. The van der Waals surface area contributed by atoms with E-state index in [-0.39, 0.29) is 0 Å². The molecular weight excluding hydrogens is 210 g/mol. The normalized spacial score (nSPS) is 18.4. The highest BCUT2D eigenvalue weighted by Crippen LogP contribution is 2.29. The van der Waals surface area contributed by atoms with Crippen molar-refractivity contribution in [1.29, 1.82) is 5.26 Å². The number of nitriles is 1. The van der Waals surface area contributed by atoms with Crippen LogP contribution in [0.4, 0.5) is 0 Å². The molecule has 3 heteroatoms. The Kier molecular flexibility index (Phi) is 2.41. The Morgan fingerprint density at radius 3 is 2.88 bits per heavy atom. The lowest BCUT2D eigenvalue weighted by Gasteiger charge is -2.25. The first kappa shape index (κ1) is 10.1. The van der Waals surface area contributed by atoms with Crippen LogP contribution in [0.3, 0.4) is 0 Å². The summed E-state index contributed by atoms with van der Waals surface area (Å²) in [5.41, 5.74) is 1.98. The molecule has 0 N–H and O–H groups in total. The third kappa shape index (κ3) is 1.72. The molecule has 0 bridgehead atoms. The number of nitrogens with zero attached hydrogens (tertiary/aromatic N) is 3. The van der Waals surface area contributed by atoms with E-state index >= 15 is 0 Å². The number of aromatic nitrogens is 2. The molecule has 0 radical (unpaired) electrons. The van der Waals surface area contributed by atoms with Crippen LogP contribution in [-0.4, -0.2) is 9.55 Å². The predicted molar refractivity (Wildman–Crippen MR) is 64.5 cm³/mol. The van der Waals surface area contributed by atoms with Crippen molar-refractivity contribution in [3.8, 4) is 6.07 Å². The van der Waals surface area contributed by atoms with Gasteiger partial charge in [0.2, 0.25) is 0 Å². The maximum Gasteiger partial charge on any atom is 0.109 e. The summed E-state index contributed by atoms with van der Waals surface area (Å²) >= 11 is 0. The standard InChI is InChI=1S/C14H13N3/c15-10-11-4-6-12(7-5-11)13-2-1-3-14-16-8-9-17(13)14/h4-9,13H,1-3H2. The van der Waals surface area contributed by atoms with Crippen LogP contribution in [0.2, 0.25) is 0 Å². The lowest BCUT2D eigenvalue weighted by atomic mass is 9.96. The Morgan fingerprint density at radius 2 is 2.12 bits per heavy atom. The van der Waals surface area contributed by atoms with E-state index in [0.717, 1.165) is 18.4 Å². The topological polar surface area (TPSA) is 41.6 Å². The second-order valence-electron chi connectivity index (χ2n) is 4.39. The van der Waals surface area contributed by atoms with Gasteiger partial charge < -0.3 is 4.57 Å². The van der Waals surface area contributed by atoms with Crippen molar-refractivity contribution in [2.24, 2.45) is 0 Å². The summed E-state index contributed by atoms with van der Waals surface area (Å²) in [7, 11) is 0. The number of fused-ring (bicyclic) bond motifs is 1. The second-order valence-corrected chi connectivity index (χ2v) is 4.39. The van der Waals surface area contributed by atoms with E-state index in [1.807, 2.05) is 18.3 Å². The Labute approximate surface area is 100 Å². The van der Waals surface area contributed by atoms with Gasteiger partial charge in [-0.3, -0.25) is 0 Å². The van der Waals surface area contributed by atoms with Gasteiger partial charge in [-0.05, 0) is 30.5 Å². The predicted octanol–water partition coefficient (Wildman–Crippen LogP) is 2.68. The maximum atomic E-state index is 8.80. The Balaban J connectivity index is 1.98. The summed E-state index contributed by atoms with van der Waals surface area (Å²) in [5.74, 6) is 1.17. The van der Waals surface area contributed by atoms with Gasteiger partial charge in [-0.15, -0.1) is 0 Å². The van der Waals surface area contributed by atoms with Gasteiger partial charge >= 0.3 is 0 Å². The molecule has 1 atom stereocenters. The molecule has 0 amide bonds. The van der Waals surface area contributed by atoms with E-state index in [2.05, 4.69) is 33.9 Å². The van der Waals surface area contributed by atoms with E-state index in [9.17, 15) is 0 Å². The first-order valence-corrected chi connectivity index (χ1v) is 5.90. The van der Waals surface area contributed by atoms with Crippen molar-refractivity contribution in [2.45, 2.75) is 25.3 Å². The van der Waals surface area contributed by atoms with E-state index in [4.69, 9.17) is 5.26 Å². The number of benzene rings is 1. The van der Waals surface area contributed by atoms with Gasteiger partial charge in [0, 0.05) is 18.8 Å². The van der Waals surface area contributed by atoms with E-state index in [0.29, 0.717) is 6.04 Å². The number of aryl methyl sites for hydroxylation is 1. The van der Waals surface area contributed by atoms with Crippen molar-refractivity contribution in [1.82, 2.24) is 9.55 Å². The van der Waals surface area contributed by atoms with E-state index in [1.54, 1.807) is 0 Å². The van der Waals surface area contributed by atoms with Crippen LogP contribution in [-0.2, 0) is 6.42 Å². The Hall–Kier alpha value is -2.08. The van der Waals surface area contributed by atoms with Crippen molar-refractivity contribution in [3.05, 3.63) is 53.6 Å². The van der Waals surface area contributed by atoms with Crippen molar-refractivity contribution in [2.75, 3.05) is 0 Å². The Bertz CT molecular complexity index is 560. The fraction of sp³-hybridized carbons (Fsp3) is 0.286. The first-order chi connectivity index (χ1) is 8.38. The molecule has 84 valence electrons. The summed E-state index contributed by atoms with van der Waals surface area (Å²) in [6.07, 6.45) is 7.32. The summed E-state index contributed by atoms with van der Waals surface area (Å²) in [5, 5.41) is 8.80. The average molecular weight is 223 g/mol. The highest BCUT2D eigenvalue weighted by molar-refractivity contribution is 5.33. The minimum absolute atomic E-state index is 0.383. The van der Waals surface area contributed by atoms with Crippen LogP contribution in [0.15, 0.2) is 36.7 Å². The molecule has 0 saturated carbocycles. The molecule has 3 nitrogen and oxygen atoms in total. The maximum absolute atomic E-state index is 8.80. The van der Waals surface area contributed by atoms with E-state index in [1.165, 1.54) is 17.8 Å². The zero-order valence-electron chi connectivity index (χ0n) is 9.50. The minimum Gasteiger partial charge on any atom is -0.327 e. The van der Waals surface area contributed by atoms with Crippen LogP contribution in [0.25, 0.3) is 0 Å². The summed E-state index contributed by atoms with van der Waals surface area (Å²) in [6.45, 7) is 0. The van der Waals surface area contributed by atoms with Crippen molar-refractivity contribution < 1.29 is 0 Å². The number of hydrogen-bond donors (Lipinski definition) is 0. The number of rotatable bonds is 1. The van der Waals surface area contributed by atoms with Crippen LogP contribution < -0.4 is 0 Å². The van der Waals surface area contributed by atoms with Gasteiger partial charge in [0.05, 0.1) is 17.7 Å². The third-order valence-electron chi connectivity index (χ3n) is 3.39. The number of imidazole rings is 1. The molecule has 1 aliphatic rings. The molecular formula is C14H13N3. The quantitative estimate of drug-likeness (QED) is 0.745. The first-order valence-electron chi connectivity index (χ1n) is 5.90. The van der Waals surface area contributed by atoms with Crippen molar-refractivity contribution in [3.63, 3.8) is 0 Å². The molecule has 1 unspecified atom stereocenters. The van der Waals surface area contributed by atoms with Gasteiger partial charge in [0.15, 0.2) is 0 Å². The molecule has 0 fully saturated rings. The molecule has 1 aliphatic heterocycles.